The van der Waals surface area contributed by atoms with Crippen LogP contribution in [0.4, 0.5) is 10.7 Å². The second kappa shape index (κ2) is 5.82. The van der Waals surface area contributed by atoms with Crippen molar-refractivity contribution in [3.8, 4) is 0 Å². The van der Waals surface area contributed by atoms with Gasteiger partial charge in [-0.1, -0.05) is 6.92 Å². The van der Waals surface area contributed by atoms with Crippen LogP contribution in [-0.2, 0) is 0 Å². The molecular formula is C14H23N3OS. The summed E-state index contributed by atoms with van der Waals surface area (Å²) in [6, 6.07) is 0.401. The van der Waals surface area contributed by atoms with Gasteiger partial charge in [-0.3, -0.25) is 4.79 Å². The number of hydrogen-bond acceptors (Lipinski definition) is 4. The number of thiophene rings is 1. The highest BCUT2D eigenvalue weighted by atomic mass is 32.1. The summed E-state index contributed by atoms with van der Waals surface area (Å²) in [5, 5.41) is 7.42. The maximum absolute atomic E-state index is 12.0. The highest BCUT2D eigenvalue weighted by Gasteiger charge is 2.33. The molecule has 106 valence electrons. The van der Waals surface area contributed by atoms with Crippen molar-refractivity contribution >= 4 is 27.9 Å². The number of hydrogen-bond donors (Lipinski definition) is 3. The number of nitrogens with one attached hydrogen (secondary N) is 2. The first-order chi connectivity index (χ1) is 9.08. The lowest BCUT2D eigenvalue weighted by atomic mass is 10.1. The fourth-order valence-corrected chi connectivity index (χ4v) is 3.31. The molecule has 0 aliphatic heterocycles. The van der Waals surface area contributed by atoms with E-state index < -0.39 is 0 Å². The van der Waals surface area contributed by atoms with Gasteiger partial charge in [0.2, 0.25) is 0 Å². The van der Waals surface area contributed by atoms with Gasteiger partial charge >= 0.3 is 0 Å². The minimum atomic E-state index is -0.0518. The molecule has 1 fully saturated rings. The molecule has 1 atom stereocenters. The molecule has 0 saturated heterocycles. The highest BCUT2D eigenvalue weighted by molar-refractivity contribution is 7.18. The topological polar surface area (TPSA) is 67.2 Å². The predicted octanol–water partition coefficient (Wildman–Crippen LogP) is 3.17. The molecule has 0 bridgehead atoms. The van der Waals surface area contributed by atoms with Crippen molar-refractivity contribution in [1.82, 2.24) is 5.32 Å². The van der Waals surface area contributed by atoms with Crippen LogP contribution < -0.4 is 16.4 Å². The van der Waals surface area contributed by atoms with Gasteiger partial charge in [0.15, 0.2) is 0 Å². The minimum absolute atomic E-state index is 0.0518. The van der Waals surface area contributed by atoms with E-state index >= 15 is 0 Å². The van der Waals surface area contributed by atoms with Crippen LogP contribution in [0.1, 0.15) is 61.2 Å². The highest BCUT2D eigenvalue weighted by Crippen LogP contribution is 2.50. The van der Waals surface area contributed by atoms with Gasteiger partial charge in [0.25, 0.3) is 5.91 Å². The molecule has 1 aliphatic carbocycles. The van der Waals surface area contributed by atoms with E-state index in [0.717, 1.165) is 11.4 Å². The standard InChI is InChI=1S/C14H23N3OS/c1-4-8(3)17-14-10(9-6-7-9)11(15)12(19-14)13(18)16-5-2/h8-9,17H,4-7,15H2,1-3H3,(H,16,18). The summed E-state index contributed by atoms with van der Waals surface area (Å²) in [6.07, 6.45) is 3.42. The van der Waals surface area contributed by atoms with Gasteiger partial charge in [-0.05, 0) is 39.0 Å². The van der Waals surface area contributed by atoms with Crippen LogP contribution in [0.25, 0.3) is 0 Å². The number of carbonyl (C=O) groups excluding carboxylic acids is 1. The lowest BCUT2D eigenvalue weighted by Crippen LogP contribution is -2.22. The summed E-state index contributed by atoms with van der Waals surface area (Å²) in [5.74, 6) is 0.495. The molecule has 19 heavy (non-hydrogen) atoms. The number of nitrogen functional groups attached to an aromatic ring is 1. The Morgan fingerprint density at radius 2 is 2.16 bits per heavy atom. The lowest BCUT2D eigenvalue weighted by molar-refractivity contribution is 0.0960. The lowest BCUT2D eigenvalue weighted by Gasteiger charge is -2.13. The van der Waals surface area contributed by atoms with Gasteiger partial charge in [0.1, 0.15) is 4.88 Å². The van der Waals surface area contributed by atoms with E-state index in [2.05, 4.69) is 24.5 Å². The molecule has 0 radical (unpaired) electrons. The van der Waals surface area contributed by atoms with Crippen LogP contribution in [0.15, 0.2) is 0 Å². The van der Waals surface area contributed by atoms with Crippen molar-refractivity contribution in [3.05, 3.63) is 10.4 Å². The third kappa shape index (κ3) is 3.03. The Labute approximate surface area is 118 Å². The zero-order valence-corrected chi connectivity index (χ0v) is 12.7. The van der Waals surface area contributed by atoms with Crippen molar-refractivity contribution in [2.24, 2.45) is 0 Å². The maximum Gasteiger partial charge on any atom is 0.263 e. The summed E-state index contributed by atoms with van der Waals surface area (Å²) in [7, 11) is 0. The third-order valence-corrected chi connectivity index (χ3v) is 4.65. The normalized spacial score (nSPS) is 16.2. The van der Waals surface area contributed by atoms with E-state index in [1.54, 1.807) is 0 Å². The monoisotopic (exact) mass is 281 g/mol. The molecular weight excluding hydrogens is 258 g/mol. The maximum atomic E-state index is 12.0. The Hall–Kier alpha value is -1.23. The van der Waals surface area contributed by atoms with Gasteiger partial charge < -0.3 is 16.4 Å². The van der Waals surface area contributed by atoms with Crippen LogP contribution >= 0.6 is 11.3 Å². The molecule has 5 heteroatoms. The summed E-state index contributed by atoms with van der Waals surface area (Å²) >= 11 is 1.50. The molecule has 0 spiro atoms. The van der Waals surface area contributed by atoms with E-state index in [1.807, 2.05) is 6.92 Å². The zero-order valence-electron chi connectivity index (χ0n) is 11.9. The van der Waals surface area contributed by atoms with Crippen LogP contribution in [0.3, 0.4) is 0 Å². The summed E-state index contributed by atoms with van der Waals surface area (Å²) in [5.41, 5.74) is 8.06. The summed E-state index contributed by atoms with van der Waals surface area (Å²) < 4.78 is 0. The molecule has 1 aliphatic rings. The van der Waals surface area contributed by atoms with Gasteiger partial charge in [-0.2, -0.15) is 0 Å². The summed E-state index contributed by atoms with van der Waals surface area (Å²) in [6.45, 7) is 6.85. The van der Waals surface area contributed by atoms with Crippen LogP contribution in [0.5, 0.6) is 0 Å². The van der Waals surface area contributed by atoms with Crippen molar-refractivity contribution in [2.45, 2.75) is 52.0 Å². The van der Waals surface area contributed by atoms with Crippen LogP contribution in [0, 0.1) is 0 Å². The van der Waals surface area contributed by atoms with Crippen LogP contribution in [-0.4, -0.2) is 18.5 Å². The quantitative estimate of drug-likeness (QED) is 0.750. The largest absolute Gasteiger partial charge is 0.397 e. The van der Waals surface area contributed by atoms with E-state index in [0.29, 0.717) is 29.1 Å². The van der Waals surface area contributed by atoms with Crippen molar-refractivity contribution in [1.29, 1.82) is 0 Å². The average molecular weight is 281 g/mol. The first kappa shape index (κ1) is 14.2. The first-order valence-corrected chi connectivity index (χ1v) is 7.86. The molecule has 1 saturated carbocycles. The van der Waals surface area contributed by atoms with Gasteiger partial charge in [0, 0.05) is 18.2 Å². The van der Waals surface area contributed by atoms with Crippen LogP contribution in [0.2, 0.25) is 0 Å². The SMILES string of the molecule is CCNC(=O)c1sc(NC(C)CC)c(C2CC2)c1N. The minimum Gasteiger partial charge on any atom is -0.397 e. The molecule has 4 nitrogen and oxygen atoms in total. The van der Waals surface area contributed by atoms with E-state index in [9.17, 15) is 4.79 Å². The average Bonchev–Trinajstić information content (AvgIpc) is 3.15. The fraction of sp³-hybridized carbons (Fsp3) is 0.643. The number of carbonyl (C=O) groups is 1. The third-order valence-electron chi connectivity index (χ3n) is 3.50. The molecule has 1 heterocycles. The Bertz CT molecular complexity index is 466. The van der Waals surface area contributed by atoms with Crippen molar-refractivity contribution in [2.75, 3.05) is 17.6 Å². The first-order valence-electron chi connectivity index (χ1n) is 7.05. The predicted molar refractivity (Wildman–Crippen MR) is 82.1 cm³/mol. The molecule has 1 amide bonds. The van der Waals surface area contributed by atoms with Crippen molar-refractivity contribution in [3.63, 3.8) is 0 Å². The second-order valence-electron chi connectivity index (χ2n) is 5.18. The number of amides is 1. The Balaban J connectivity index is 2.30. The van der Waals surface area contributed by atoms with Gasteiger partial charge in [0.05, 0.1) is 10.7 Å². The molecule has 4 N–H and O–H groups in total. The Kier molecular flexibility index (Phi) is 4.34. The van der Waals surface area contributed by atoms with E-state index in [-0.39, 0.29) is 5.91 Å². The zero-order chi connectivity index (χ0) is 14.0. The Morgan fingerprint density at radius 1 is 1.47 bits per heavy atom. The Morgan fingerprint density at radius 3 is 2.68 bits per heavy atom. The number of anilines is 2. The summed E-state index contributed by atoms with van der Waals surface area (Å²) in [4.78, 5) is 12.7. The van der Waals surface area contributed by atoms with E-state index in [4.69, 9.17) is 5.73 Å². The van der Waals surface area contributed by atoms with E-state index in [1.165, 1.54) is 29.7 Å². The smallest absolute Gasteiger partial charge is 0.263 e. The van der Waals surface area contributed by atoms with Crippen molar-refractivity contribution < 1.29 is 4.79 Å². The molecule has 1 aromatic rings. The second-order valence-corrected chi connectivity index (χ2v) is 6.20. The molecule has 2 rings (SSSR count). The number of rotatable bonds is 6. The number of nitrogens with two attached hydrogens (primary N) is 1. The fourth-order valence-electron chi connectivity index (χ4n) is 2.08. The molecule has 0 aromatic carbocycles. The molecule has 1 unspecified atom stereocenters. The van der Waals surface area contributed by atoms with Gasteiger partial charge in [-0.25, -0.2) is 0 Å². The molecule has 1 aromatic heterocycles. The van der Waals surface area contributed by atoms with Gasteiger partial charge in [-0.15, -0.1) is 11.3 Å².